The monoisotopic (exact) mass is 311 g/mol. The van der Waals surface area contributed by atoms with E-state index in [1.165, 1.54) is 37.5 Å². The van der Waals surface area contributed by atoms with Crippen LogP contribution in [0.4, 0.5) is 0 Å². The van der Waals surface area contributed by atoms with Crippen molar-refractivity contribution in [2.45, 2.75) is 45.1 Å². The Hall–Kier alpha value is -2.03. The number of carbonyl (C=O) groups is 1. The smallest absolute Gasteiger partial charge is 0.220 e. The minimum Gasteiger partial charge on any atom is -0.497 e. The number of benzene rings is 2. The molecule has 0 aliphatic heterocycles. The molecule has 0 heterocycles. The third-order valence-electron chi connectivity index (χ3n) is 4.80. The first-order chi connectivity index (χ1) is 11.2. The second-order valence-corrected chi connectivity index (χ2v) is 6.53. The molecule has 2 aromatic carbocycles. The minimum absolute atomic E-state index is 0.187. The molecule has 0 spiro atoms. The Balaban J connectivity index is 1.57. The largest absolute Gasteiger partial charge is 0.497 e. The Labute approximate surface area is 138 Å². The zero-order valence-corrected chi connectivity index (χ0v) is 13.8. The molecule has 1 N–H and O–H groups in total. The van der Waals surface area contributed by atoms with Gasteiger partial charge in [-0.3, -0.25) is 4.79 Å². The Morgan fingerprint density at radius 3 is 2.61 bits per heavy atom. The quantitative estimate of drug-likeness (QED) is 0.887. The molecule has 1 saturated carbocycles. The van der Waals surface area contributed by atoms with E-state index in [-0.39, 0.29) is 5.91 Å². The third kappa shape index (κ3) is 4.25. The molecular weight excluding hydrogens is 286 g/mol. The Morgan fingerprint density at radius 2 is 1.83 bits per heavy atom. The fraction of sp³-hybridized carbons (Fsp3) is 0.450. The summed E-state index contributed by atoms with van der Waals surface area (Å²) < 4.78 is 5.25. The van der Waals surface area contributed by atoms with E-state index in [9.17, 15) is 4.79 Å². The molecule has 3 rings (SSSR count). The van der Waals surface area contributed by atoms with Gasteiger partial charge in [0, 0.05) is 13.0 Å². The number of rotatable bonds is 5. The van der Waals surface area contributed by atoms with Gasteiger partial charge in [-0.15, -0.1) is 0 Å². The van der Waals surface area contributed by atoms with E-state index >= 15 is 0 Å². The first-order valence-corrected chi connectivity index (χ1v) is 8.58. The van der Waals surface area contributed by atoms with Crippen molar-refractivity contribution in [3.63, 3.8) is 0 Å². The summed E-state index contributed by atoms with van der Waals surface area (Å²) in [6.45, 7) is 0.605. The maximum Gasteiger partial charge on any atom is 0.220 e. The molecule has 0 atom stereocenters. The topological polar surface area (TPSA) is 38.3 Å². The maximum atomic E-state index is 12.1. The second-order valence-electron chi connectivity index (χ2n) is 6.53. The minimum atomic E-state index is 0.187. The average Bonchev–Trinajstić information content (AvgIpc) is 2.60. The fourth-order valence-electron chi connectivity index (χ4n) is 3.44. The van der Waals surface area contributed by atoms with E-state index in [1.54, 1.807) is 7.11 Å². The summed E-state index contributed by atoms with van der Waals surface area (Å²) in [5.74, 6) is 1.64. The van der Waals surface area contributed by atoms with Crippen molar-refractivity contribution in [3.8, 4) is 5.75 Å². The molecule has 0 aromatic heterocycles. The molecule has 0 saturated heterocycles. The van der Waals surface area contributed by atoms with Gasteiger partial charge in [-0.05, 0) is 53.3 Å². The van der Waals surface area contributed by atoms with Crippen molar-refractivity contribution in [3.05, 3.63) is 42.0 Å². The van der Waals surface area contributed by atoms with E-state index in [4.69, 9.17) is 4.74 Å². The van der Waals surface area contributed by atoms with Gasteiger partial charge < -0.3 is 10.1 Å². The summed E-state index contributed by atoms with van der Waals surface area (Å²) in [7, 11) is 1.68. The Morgan fingerprint density at radius 1 is 1.09 bits per heavy atom. The maximum absolute atomic E-state index is 12.1. The molecule has 1 fully saturated rings. The molecular formula is C20H25NO2. The summed E-state index contributed by atoms with van der Waals surface area (Å²) in [4.78, 5) is 12.1. The molecule has 3 heteroatoms. The van der Waals surface area contributed by atoms with Crippen LogP contribution in [0.1, 0.15) is 44.1 Å². The van der Waals surface area contributed by atoms with Crippen molar-refractivity contribution in [1.82, 2.24) is 5.32 Å². The van der Waals surface area contributed by atoms with Gasteiger partial charge in [-0.2, -0.15) is 0 Å². The van der Waals surface area contributed by atoms with Gasteiger partial charge in [0.1, 0.15) is 5.75 Å². The van der Waals surface area contributed by atoms with E-state index in [2.05, 4.69) is 29.6 Å². The van der Waals surface area contributed by atoms with Crippen molar-refractivity contribution in [1.29, 1.82) is 0 Å². The van der Waals surface area contributed by atoms with Gasteiger partial charge in [0.15, 0.2) is 0 Å². The van der Waals surface area contributed by atoms with Crippen LogP contribution in [-0.2, 0) is 11.3 Å². The number of carbonyl (C=O) groups excluding carboxylic acids is 1. The third-order valence-corrected chi connectivity index (χ3v) is 4.80. The van der Waals surface area contributed by atoms with Crippen LogP contribution in [0.2, 0.25) is 0 Å². The van der Waals surface area contributed by atoms with E-state index in [0.29, 0.717) is 18.9 Å². The lowest BCUT2D eigenvalue weighted by Crippen LogP contribution is -2.25. The number of ether oxygens (including phenoxy) is 1. The summed E-state index contributed by atoms with van der Waals surface area (Å²) in [6.07, 6.45) is 7.01. The zero-order chi connectivity index (χ0) is 16.1. The summed E-state index contributed by atoms with van der Waals surface area (Å²) in [6, 6.07) is 12.3. The lowest BCUT2D eigenvalue weighted by atomic mass is 9.87. The number of methoxy groups -OCH3 is 1. The highest BCUT2D eigenvalue weighted by Crippen LogP contribution is 2.26. The molecule has 0 bridgehead atoms. The van der Waals surface area contributed by atoms with Crippen LogP contribution >= 0.6 is 0 Å². The molecule has 23 heavy (non-hydrogen) atoms. The van der Waals surface area contributed by atoms with E-state index in [1.807, 2.05) is 12.1 Å². The predicted octanol–water partition coefficient (Wildman–Crippen LogP) is 4.44. The standard InChI is InChI=1S/C20H25NO2/c1-23-19-10-9-17-11-16(7-8-18(17)13-19)14-21-20(22)12-15-5-3-2-4-6-15/h7-11,13,15H,2-6,12,14H2,1H3,(H,21,22). The Kier molecular flexibility index (Phi) is 5.16. The molecule has 122 valence electrons. The number of fused-ring (bicyclic) bond motifs is 1. The zero-order valence-electron chi connectivity index (χ0n) is 13.8. The lowest BCUT2D eigenvalue weighted by Gasteiger charge is -2.20. The molecule has 2 aromatic rings. The fourth-order valence-corrected chi connectivity index (χ4v) is 3.44. The molecule has 3 nitrogen and oxygen atoms in total. The van der Waals surface area contributed by atoms with E-state index in [0.717, 1.165) is 16.7 Å². The number of nitrogens with one attached hydrogen (secondary N) is 1. The van der Waals surface area contributed by atoms with Gasteiger partial charge in [-0.25, -0.2) is 0 Å². The summed E-state index contributed by atoms with van der Waals surface area (Å²) >= 11 is 0. The SMILES string of the molecule is COc1ccc2cc(CNC(=O)CC3CCCCC3)ccc2c1. The van der Waals surface area contributed by atoms with Gasteiger partial charge in [-0.1, -0.05) is 37.5 Å². The highest BCUT2D eigenvalue weighted by Gasteiger charge is 2.16. The second kappa shape index (κ2) is 7.49. The molecule has 0 unspecified atom stereocenters. The van der Waals surface area contributed by atoms with Gasteiger partial charge in [0.25, 0.3) is 0 Å². The predicted molar refractivity (Wildman–Crippen MR) is 93.5 cm³/mol. The highest BCUT2D eigenvalue weighted by atomic mass is 16.5. The molecule has 1 aliphatic carbocycles. The normalized spacial score (nSPS) is 15.5. The number of hydrogen-bond donors (Lipinski definition) is 1. The first-order valence-electron chi connectivity index (χ1n) is 8.58. The first kappa shape index (κ1) is 15.9. The summed E-state index contributed by atoms with van der Waals surface area (Å²) in [5, 5.41) is 5.40. The van der Waals surface area contributed by atoms with E-state index < -0.39 is 0 Å². The Bertz CT molecular complexity index is 674. The molecule has 0 radical (unpaired) electrons. The van der Waals surface area contributed by atoms with Crippen LogP contribution in [0.3, 0.4) is 0 Å². The molecule has 1 aliphatic rings. The number of hydrogen-bond acceptors (Lipinski definition) is 2. The van der Waals surface area contributed by atoms with Gasteiger partial charge >= 0.3 is 0 Å². The summed E-state index contributed by atoms with van der Waals surface area (Å²) in [5.41, 5.74) is 1.14. The van der Waals surface area contributed by atoms with Crippen molar-refractivity contribution < 1.29 is 9.53 Å². The average molecular weight is 311 g/mol. The van der Waals surface area contributed by atoms with Gasteiger partial charge in [0.2, 0.25) is 5.91 Å². The van der Waals surface area contributed by atoms with Crippen molar-refractivity contribution in [2.75, 3.05) is 7.11 Å². The molecule has 1 amide bonds. The number of amides is 1. The van der Waals surface area contributed by atoms with Crippen LogP contribution in [0.5, 0.6) is 5.75 Å². The van der Waals surface area contributed by atoms with Crippen LogP contribution in [0.15, 0.2) is 36.4 Å². The highest BCUT2D eigenvalue weighted by molar-refractivity contribution is 5.84. The van der Waals surface area contributed by atoms with Gasteiger partial charge in [0.05, 0.1) is 7.11 Å². The van der Waals surface area contributed by atoms with Crippen molar-refractivity contribution in [2.24, 2.45) is 5.92 Å². The van der Waals surface area contributed by atoms with Crippen LogP contribution in [-0.4, -0.2) is 13.0 Å². The van der Waals surface area contributed by atoms with Crippen LogP contribution in [0, 0.1) is 5.92 Å². The van der Waals surface area contributed by atoms with Crippen LogP contribution < -0.4 is 10.1 Å². The lowest BCUT2D eigenvalue weighted by molar-refractivity contribution is -0.122. The van der Waals surface area contributed by atoms with Crippen LogP contribution in [0.25, 0.3) is 10.8 Å². The van der Waals surface area contributed by atoms with Crippen molar-refractivity contribution >= 4 is 16.7 Å².